The second-order valence-electron chi connectivity index (χ2n) is 7.83. The molecule has 7 nitrogen and oxygen atoms in total. The van der Waals surface area contributed by atoms with Crippen molar-refractivity contribution >= 4 is 28.0 Å². The molecule has 1 aromatic rings. The molecule has 28 heavy (non-hydrogen) atoms. The number of esters is 1. The molecule has 0 radical (unpaired) electrons. The van der Waals surface area contributed by atoms with Crippen molar-refractivity contribution in [2.45, 2.75) is 39.3 Å². The van der Waals surface area contributed by atoms with Gasteiger partial charge in [0.1, 0.15) is 18.0 Å². The average molecular weight is 457 g/mol. The van der Waals surface area contributed by atoms with Crippen LogP contribution in [0.1, 0.15) is 38.1 Å². The Labute approximate surface area is 175 Å². The zero-order chi connectivity index (χ0) is 20.9. The van der Waals surface area contributed by atoms with Gasteiger partial charge in [-0.05, 0) is 45.9 Å². The Morgan fingerprint density at radius 2 is 1.93 bits per heavy atom. The van der Waals surface area contributed by atoms with Gasteiger partial charge in [0.2, 0.25) is 0 Å². The van der Waals surface area contributed by atoms with Crippen LogP contribution in [0.4, 0.5) is 4.79 Å². The smallest absolute Gasteiger partial charge is 0.410 e. The van der Waals surface area contributed by atoms with Gasteiger partial charge >= 0.3 is 12.1 Å². The van der Waals surface area contributed by atoms with Crippen LogP contribution in [-0.2, 0) is 9.47 Å². The maximum Gasteiger partial charge on any atom is 0.410 e. The van der Waals surface area contributed by atoms with E-state index in [1.165, 1.54) is 7.11 Å². The van der Waals surface area contributed by atoms with Crippen molar-refractivity contribution in [2.24, 2.45) is 0 Å². The highest BCUT2D eigenvalue weighted by molar-refractivity contribution is 9.10. The summed E-state index contributed by atoms with van der Waals surface area (Å²) in [6.07, 6.45) is -0.264. The van der Waals surface area contributed by atoms with Crippen LogP contribution < -0.4 is 4.74 Å². The minimum Gasteiger partial charge on any atom is -0.492 e. The molecule has 2 rings (SSSR count). The summed E-state index contributed by atoms with van der Waals surface area (Å²) >= 11 is 3.38. The molecule has 0 saturated carbocycles. The number of piperazine rings is 1. The maximum atomic E-state index is 12.2. The van der Waals surface area contributed by atoms with E-state index in [1.807, 2.05) is 26.8 Å². The maximum absolute atomic E-state index is 12.2. The first kappa shape index (κ1) is 22.5. The number of methoxy groups -OCH3 is 1. The minimum absolute atomic E-state index is 0.206. The quantitative estimate of drug-likeness (QED) is 0.630. The van der Waals surface area contributed by atoms with Gasteiger partial charge in [-0.25, -0.2) is 9.59 Å². The Morgan fingerprint density at radius 3 is 2.54 bits per heavy atom. The van der Waals surface area contributed by atoms with Crippen LogP contribution >= 0.6 is 15.9 Å². The number of carbonyl (C=O) groups is 2. The summed E-state index contributed by atoms with van der Waals surface area (Å²) in [6, 6.07) is 5.38. The first-order chi connectivity index (χ1) is 13.1. The van der Waals surface area contributed by atoms with E-state index < -0.39 is 11.6 Å². The van der Waals surface area contributed by atoms with Crippen molar-refractivity contribution in [3.05, 3.63) is 28.2 Å². The summed E-state index contributed by atoms with van der Waals surface area (Å²) in [6.45, 7) is 10.9. The van der Waals surface area contributed by atoms with Crippen molar-refractivity contribution in [3.63, 3.8) is 0 Å². The average Bonchev–Trinajstić information content (AvgIpc) is 2.60. The molecule has 1 aliphatic heterocycles. The number of nitrogens with zero attached hydrogens (tertiary/aromatic N) is 2. The molecule has 0 N–H and O–H groups in total. The van der Waals surface area contributed by atoms with Gasteiger partial charge in [0.15, 0.2) is 0 Å². The molecule has 0 spiro atoms. The van der Waals surface area contributed by atoms with Gasteiger partial charge in [0, 0.05) is 36.7 Å². The van der Waals surface area contributed by atoms with E-state index in [9.17, 15) is 9.59 Å². The molecule has 1 atom stereocenters. The van der Waals surface area contributed by atoms with E-state index >= 15 is 0 Å². The first-order valence-corrected chi connectivity index (χ1v) is 10.1. The highest BCUT2D eigenvalue weighted by Gasteiger charge is 2.29. The summed E-state index contributed by atoms with van der Waals surface area (Å²) in [5.74, 6) is 0.202. The molecular formula is C20H29BrN2O5. The number of halogens is 1. The second-order valence-corrected chi connectivity index (χ2v) is 8.74. The molecule has 156 valence electrons. The SMILES string of the molecule is COC(=O)c1cc(Br)cc(OCCN2CCN(C(=O)OC(C)(C)C)C[C@@H]2C)c1. The normalized spacial score (nSPS) is 17.9. The number of carbonyl (C=O) groups excluding carboxylic acids is 2. The molecule has 1 saturated heterocycles. The van der Waals surface area contributed by atoms with E-state index in [0.29, 0.717) is 31.0 Å². The van der Waals surface area contributed by atoms with Gasteiger partial charge in [-0.15, -0.1) is 0 Å². The van der Waals surface area contributed by atoms with Crippen LogP contribution in [0.25, 0.3) is 0 Å². The summed E-state index contributed by atoms with van der Waals surface area (Å²) in [7, 11) is 1.35. The number of hydrogen-bond donors (Lipinski definition) is 0. The molecule has 1 amide bonds. The minimum atomic E-state index is -0.488. The Balaban J connectivity index is 1.84. The van der Waals surface area contributed by atoms with Gasteiger partial charge in [-0.3, -0.25) is 4.90 Å². The summed E-state index contributed by atoms with van der Waals surface area (Å²) in [5, 5.41) is 0. The largest absolute Gasteiger partial charge is 0.492 e. The number of rotatable bonds is 5. The number of ether oxygens (including phenoxy) is 3. The highest BCUT2D eigenvalue weighted by atomic mass is 79.9. The molecule has 0 aromatic heterocycles. The van der Waals surface area contributed by atoms with Crippen molar-refractivity contribution in [3.8, 4) is 5.75 Å². The summed E-state index contributed by atoms with van der Waals surface area (Å²) in [4.78, 5) is 28.0. The fraction of sp³-hybridized carbons (Fsp3) is 0.600. The van der Waals surface area contributed by atoms with Crippen LogP contribution in [0.5, 0.6) is 5.75 Å². The van der Waals surface area contributed by atoms with E-state index in [2.05, 4.69) is 27.8 Å². The highest BCUT2D eigenvalue weighted by Crippen LogP contribution is 2.22. The molecule has 0 aliphatic carbocycles. The lowest BCUT2D eigenvalue weighted by Gasteiger charge is -2.40. The van der Waals surface area contributed by atoms with Crippen molar-refractivity contribution in [1.82, 2.24) is 9.80 Å². The first-order valence-electron chi connectivity index (χ1n) is 9.33. The molecule has 0 bridgehead atoms. The van der Waals surface area contributed by atoms with Gasteiger partial charge < -0.3 is 19.1 Å². The number of hydrogen-bond acceptors (Lipinski definition) is 6. The second kappa shape index (κ2) is 9.60. The van der Waals surface area contributed by atoms with Crippen LogP contribution in [0.3, 0.4) is 0 Å². The Morgan fingerprint density at radius 1 is 1.21 bits per heavy atom. The molecule has 1 aliphatic rings. The lowest BCUT2D eigenvalue weighted by molar-refractivity contribution is 0.00428. The van der Waals surface area contributed by atoms with Crippen molar-refractivity contribution < 1.29 is 23.8 Å². The third-order valence-electron chi connectivity index (χ3n) is 4.36. The van der Waals surface area contributed by atoms with Gasteiger partial charge in [0.25, 0.3) is 0 Å². The van der Waals surface area contributed by atoms with Crippen LogP contribution in [0, 0.1) is 0 Å². The zero-order valence-electron chi connectivity index (χ0n) is 17.2. The predicted octanol–water partition coefficient (Wildman–Crippen LogP) is 3.56. The number of benzene rings is 1. The topological polar surface area (TPSA) is 68.3 Å². The standard InChI is InChI=1S/C20H29BrN2O5/c1-14-13-23(19(25)28-20(2,3)4)7-6-22(14)8-9-27-17-11-15(18(24)26-5)10-16(21)12-17/h10-12,14H,6-9,13H2,1-5H3/t14-/m0/s1. The number of amides is 1. The lowest BCUT2D eigenvalue weighted by Crippen LogP contribution is -2.55. The zero-order valence-corrected chi connectivity index (χ0v) is 18.7. The molecular weight excluding hydrogens is 428 g/mol. The molecule has 8 heteroatoms. The van der Waals surface area contributed by atoms with E-state index in [0.717, 1.165) is 17.6 Å². The van der Waals surface area contributed by atoms with Crippen LogP contribution in [0.15, 0.2) is 22.7 Å². The van der Waals surface area contributed by atoms with Gasteiger partial charge in [-0.2, -0.15) is 0 Å². The van der Waals surface area contributed by atoms with Crippen molar-refractivity contribution in [2.75, 3.05) is 39.9 Å². The van der Waals surface area contributed by atoms with Crippen LogP contribution in [-0.4, -0.2) is 73.4 Å². The Bertz CT molecular complexity index is 704. The van der Waals surface area contributed by atoms with Crippen LogP contribution in [0.2, 0.25) is 0 Å². The lowest BCUT2D eigenvalue weighted by atomic mass is 10.2. The summed E-state index contributed by atoms with van der Waals surface area (Å²) in [5.41, 5.74) is -0.0515. The Hall–Kier alpha value is -1.80. The summed E-state index contributed by atoms with van der Waals surface area (Å²) < 4.78 is 16.8. The van der Waals surface area contributed by atoms with Gasteiger partial charge in [-0.1, -0.05) is 15.9 Å². The third kappa shape index (κ3) is 6.67. The predicted molar refractivity (Wildman–Crippen MR) is 110 cm³/mol. The fourth-order valence-corrected chi connectivity index (χ4v) is 3.45. The fourth-order valence-electron chi connectivity index (χ4n) is 2.98. The van der Waals surface area contributed by atoms with E-state index in [4.69, 9.17) is 14.2 Å². The van der Waals surface area contributed by atoms with E-state index in [1.54, 1.807) is 17.0 Å². The van der Waals surface area contributed by atoms with Crippen molar-refractivity contribution in [1.29, 1.82) is 0 Å². The molecule has 1 fully saturated rings. The van der Waals surface area contributed by atoms with E-state index in [-0.39, 0.29) is 12.1 Å². The third-order valence-corrected chi connectivity index (χ3v) is 4.81. The molecule has 1 heterocycles. The molecule has 0 unspecified atom stereocenters. The molecule has 1 aromatic carbocycles. The monoisotopic (exact) mass is 456 g/mol. The Kier molecular flexibility index (Phi) is 7.71. The van der Waals surface area contributed by atoms with Gasteiger partial charge in [0.05, 0.1) is 12.7 Å².